The predicted molar refractivity (Wildman–Crippen MR) is 75.8 cm³/mol. The molecule has 1 aliphatic heterocycles. The maximum atomic E-state index is 12.0. The fourth-order valence-electron chi connectivity index (χ4n) is 1.74. The molecule has 1 atom stereocenters. The molecule has 1 aromatic carbocycles. The van der Waals surface area contributed by atoms with Crippen LogP contribution in [0.4, 0.5) is 5.69 Å². The van der Waals surface area contributed by atoms with E-state index in [9.17, 15) is 4.79 Å². The lowest BCUT2D eigenvalue weighted by atomic mass is 10.1. The molecule has 0 aromatic heterocycles. The van der Waals surface area contributed by atoms with Gasteiger partial charge in [0.15, 0.2) is 11.9 Å². The molecule has 1 heterocycles. The van der Waals surface area contributed by atoms with Crippen molar-refractivity contribution in [3.8, 4) is 0 Å². The van der Waals surface area contributed by atoms with Crippen LogP contribution in [0.15, 0.2) is 27.8 Å². The lowest BCUT2D eigenvalue weighted by molar-refractivity contribution is -0.142. The number of benzene rings is 1. The number of nitrogens with zero attached hydrogens (tertiary/aromatic N) is 1. The first kappa shape index (κ1) is 14.8. The first-order chi connectivity index (χ1) is 9.61. The van der Waals surface area contributed by atoms with Gasteiger partial charge in [0.25, 0.3) is 5.91 Å². The number of amidine groups is 1. The highest BCUT2D eigenvalue weighted by Crippen LogP contribution is 2.21. The fraction of sp³-hybridized carbons (Fsp3) is 0.333. The molecule has 0 spiro atoms. The second-order valence-electron chi connectivity index (χ2n) is 4.10. The van der Waals surface area contributed by atoms with Crippen molar-refractivity contribution in [2.75, 3.05) is 25.1 Å². The number of halogens is 1. The van der Waals surface area contributed by atoms with E-state index in [4.69, 9.17) is 20.4 Å². The van der Waals surface area contributed by atoms with E-state index in [1.165, 1.54) is 0 Å². The number of oxime groups is 1. The van der Waals surface area contributed by atoms with Gasteiger partial charge in [-0.15, -0.1) is 0 Å². The second kappa shape index (κ2) is 6.69. The molecule has 7 nitrogen and oxygen atoms in total. The molecule has 0 aliphatic carbocycles. The zero-order chi connectivity index (χ0) is 14.5. The Morgan fingerprint density at radius 2 is 2.30 bits per heavy atom. The molecule has 1 saturated heterocycles. The lowest BCUT2D eigenvalue weighted by Crippen LogP contribution is -2.39. The van der Waals surface area contributed by atoms with Gasteiger partial charge in [-0.25, -0.2) is 0 Å². The second-order valence-corrected chi connectivity index (χ2v) is 5.01. The normalized spacial score (nSPS) is 19.6. The highest BCUT2D eigenvalue weighted by Gasteiger charge is 2.23. The molecule has 1 unspecified atom stereocenters. The quantitative estimate of drug-likeness (QED) is 0.327. The monoisotopic (exact) mass is 343 g/mol. The zero-order valence-electron chi connectivity index (χ0n) is 10.5. The van der Waals surface area contributed by atoms with Gasteiger partial charge in [-0.3, -0.25) is 4.79 Å². The third-order valence-corrected chi connectivity index (χ3v) is 3.22. The maximum absolute atomic E-state index is 12.0. The average molecular weight is 344 g/mol. The van der Waals surface area contributed by atoms with Gasteiger partial charge in [-0.2, -0.15) is 0 Å². The van der Waals surface area contributed by atoms with Crippen molar-refractivity contribution in [2.24, 2.45) is 10.9 Å². The molecule has 20 heavy (non-hydrogen) atoms. The van der Waals surface area contributed by atoms with Gasteiger partial charge in [0.1, 0.15) is 0 Å². The number of hydrogen-bond acceptors (Lipinski definition) is 5. The average Bonchev–Trinajstić information content (AvgIpc) is 2.49. The van der Waals surface area contributed by atoms with Gasteiger partial charge in [0.05, 0.1) is 25.5 Å². The van der Waals surface area contributed by atoms with Crippen molar-refractivity contribution in [1.29, 1.82) is 0 Å². The Morgan fingerprint density at radius 3 is 2.95 bits per heavy atom. The van der Waals surface area contributed by atoms with Gasteiger partial charge >= 0.3 is 0 Å². The number of nitrogens with two attached hydrogens (primary N) is 1. The van der Waals surface area contributed by atoms with Crippen LogP contribution in [0.25, 0.3) is 0 Å². The van der Waals surface area contributed by atoms with Crippen molar-refractivity contribution in [1.82, 2.24) is 0 Å². The third-order valence-electron chi connectivity index (χ3n) is 2.73. The van der Waals surface area contributed by atoms with E-state index < -0.39 is 6.10 Å². The molecule has 0 bridgehead atoms. The maximum Gasteiger partial charge on any atom is 0.255 e. The molecule has 0 saturated carbocycles. The minimum atomic E-state index is -0.660. The van der Waals surface area contributed by atoms with Gasteiger partial charge in [-0.05, 0) is 18.2 Å². The summed E-state index contributed by atoms with van der Waals surface area (Å²) in [6.07, 6.45) is -0.660. The number of nitrogens with one attached hydrogen (secondary N) is 1. The number of hydrogen-bond donors (Lipinski definition) is 3. The Morgan fingerprint density at radius 1 is 1.50 bits per heavy atom. The number of anilines is 1. The van der Waals surface area contributed by atoms with Gasteiger partial charge in [0.2, 0.25) is 0 Å². The molecule has 1 amide bonds. The van der Waals surface area contributed by atoms with Crippen LogP contribution in [0.1, 0.15) is 5.56 Å². The standard InChI is InChI=1S/C12H14BrN3O4/c13-7-1-2-9(8(5-7)11(14)16-18)15-12(17)10-6-19-3-4-20-10/h1-2,5,10,18H,3-4,6H2,(H2,14,16)(H,15,17). The molecular formula is C12H14BrN3O4. The molecular weight excluding hydrogens is 330 g/mol. The number of amides is 1. The highest BCUT2D eigenvalue weighted by molar-refractivity contribution is 9.10. The molecule has 0 radical (unpaired) electrons. The summed E-state index contributed by atoms with van der Waals surface area (Å²) in [4.78, 5) is 12.0. The van der Waals surface area contributed by atoms with Crippen LogP contribution < -0.4 is 11.1 Å². The van der Waals surface area contributed by atoms with Crippen molar-refractivity contribution in [3.05, 3.63) is 28.2 Å². The largest absolute Gasteiger partial charge is 0.409 e. The van der Waals surface area contributed by atoms with Crippen LogP contribution in [0.5, 0.6) is 0 Å². The van der Waals surface area contributed by atoms with Gasteiger partial charge in [0, 0.05) is 10.0 Å². The molecule has 2 rings (SSSR count). The summed E-state index contributed by atoms with van der Waals surface area (Å²) in [5, 5.41) is 14.4. The van der Waals surface area contributed by atoms with Crippen LogP contribution in [-0.2, 0) is 14.3 Å². The van der Waals surface area contributed by atoms with E-state index in [1.54, 1.807) is 18.2 Å². The van der Waals surface area contributed by atoms with Crippen LogP contribution in [0.2, 0.25) is 0 Å². The summed E-state index contributed by atoms with van der Waals surface area (Å²) in [6, 6.07) is 5.03. The predicted octanol–water partition coefficient (Wildman–Crippen LogP) is 0.897. The zero-order valence-corrected chi connectivity index (χ0v) is 12.1. The minimum absolute atomic E-state index is 0.0950. The van der Waals surface area contributed by atoms with E-state index in [0.717, 1.165) is 4.47 Å². The lowest BCUT2D eigenvalue weighted by Gasteiger charge is -2.22. The number of ether oxygens (including phenoxy) is 2. The van der Waals surface area contributed by atoms with E-state index in [0.29, 0.717) is 24.5 Å². The molecule has 8 heteroatoms. The van der Waals surface area contributed by atoms with Gasteiger partial charge < -0.3 is 25.7 Å². The summed E-state index contributed by atoms with van der Waals surface area (Å²) in [5.41, 5.74) is 6.43. The molecule has 4 N–H and O–H groups in total. The van der Waals surface area contributed by atoms with Crippen LogP contribution in [-0.4, -0.2) is 42.9 Å². The van der Waals surface area contributed by atoms with Crippen molar-refractivity contribution in [2.45, 2.75) is 6.10 Å². The van der Waals surface area contributed by atoms with Crippen LogP contribution in [0.3, 0.4) is 0 Å². The Labute approximate surface area is 123 Å². The molecule has 1 fully saturated rings. The summed E-state index contributed by atoms with van der Waals surface area (Å²) in [5.74, 6) is -0.429. The van der Waals surface area contributed by atoms with E-state index in [2.05, 4.69) is 26.4 Å². The number of rotatable bonds is 3. The molecule has 1 aliphatic rings. The summed E-state index contributed by atoms with van der Waals surface area (Å²) in [7, 11) is 0. The number of carbonyl (C=O) groups excluding carboxylic acids is 1. The van der Waals surface area contributed by atoms with E-state index >= 15 is 0 Å². The first-order valence-corrected chi connectivity index (χ1v) is 6.69. The topological polar surface area (TPSA) is 106 Å². The minimum Gasteiger partial charge on any atom is -0.409 e. The molecule has 108 valence electrons. The SMILES string of the molecule is N/C(=N/O)c1cc(Br)ccc1NC(=O)C1COCCO1. The van der Waals surface area contributed by atoms with Gasteiger partial charge in [-0.1, -0.05) is 21.1 Å². The summed E-state index contributed by atoms with van der Waals surface area (Å²) >= 11 is 3.29. The van der Waals surface area contributed by atoms with Crippen molar-refractivity contribution in [3.63, 3.8) is 0 Å². The fourth-order valence-corrected chi connectivity index (χ4v) is 2.10. The highest BCUT2D eigenvalue weighted by atomic mass is 79.9. The first-order valence-electron chi connectivity index (χ1n) is 5.89. The number of carbonyl (C=O) groups is 1. The Bertz CT molecular complexity index is 529. The van der Waals surface area contributed by atoms with Crippen LogP contribution >= 0.6 is 15.9 Å². The van der Waals surface area contributed by atoms with Crippen molar-refractivity contribution < 1.29 is 19.5 Å². The Balaban J connectivity index is 2.18. The van der Waals surface area contributed by atoms with Crippen LogP contribution in [0, 0.1) is 0 Å². The molecule has 1 aromatic rings. The smallest absolute Gasteiger partial charge is 0.255 e. The van der Waals surface area contributed by atoms with E-state index in [-0.39, 0.29) is 18.3 Å². The summed E-state index contributed by atoms with van der Waals surface area (Å²) < 4.78 is 11.2. The van der Waals surface area contributed by atoms with Crippen molar-refractivity contribution >= 4 is 33.4 Å². The summed E-state index contributed by atoms with van der Waals surface area (Å²) in [6.45, 7) is 1.07. The van der Waals surface area contributed by atoms with E-state index in [1.807, 2.05) is 0 Å². The third kappa shape index (κ3) is 3.47. The Hall–Kier alpha value is -1.64. The Kier molecular flexibility index (Phi) is 4.94.